The van der Waals surface area contributed by atoms with Gasteiger partial charge in [-0.05, 0) is 30.2 Å². The fraction of sp³-hybridized carbons (Fsp3) is 0.364. The second-order valence-electron chi connectivity index (χ2n) is 4.02. The van der Waals surface area contributed by atoms with Gasteiger partial charge >= 0.3 is 6.09 Å². The normalized spacial score (nSPS) is 26.6. The van der Waals surface area contributed by atoms with E-state index >= 15 is 0 Å². The Kier molecular flexibility index (Phi) is 2.19. The fourth-order valence-electron chi connectivity index (χ4n) is 2.40. The minimum absolute atomic E-state index is 0.0539. The Morgan fingerprint density at radius 2 is 2.38 bits per heavy atom. The number of benzene rings is 1. The summed E-state index contributed by atoms with van der Waals surface area (Å²) in [6.45, 7) is -0.123. The van der Waals surface area contributed by atoms with Gasteiger partial charge in [-0.2, -0.15) is 0 Å². The Balaban J connectivity index is 2.04. The summed E-state index contributed by atoms with van der Waals surface area (Å²) in [5, 5.41) is 9.15. The second-order valence-corrected chi connectivity index (χ2v) is 4.93. The average molecular weight is 284 g/mol. The quantitative estimate of drug-likeness (QED) is 0.853. The van der Waals surface area contributed by atoms with Crippen molar-refractivity contribution in [3.8, 4) is 0 Å². The molecule has 1 aromatic rings. The van der Waals surface area contributed by atoms with Gasteiger partial charge in [-0.15, -0.1) is 0 Å². The zero-order valence-corrected chi connectivity index (χ0v) is 9.98. The molecule has 1 fully saturated rings. The Morgan fingerprint density at radius 1 is 1.56 bits per heavy atom. The third-order valence-electron chi connectivity index (χ3n) is 3.12. The van der Waals surface area contributed by atoms with Gasteiger partial charge in [0.1, 0.15) is 6.10 Å². The molecule has 0 saturated carbocycles. The van der Waals surface area contributed by atoms with Gasteiger partial charge < -0.3 is 9.84 Å². The summed E-state index contributed by atoms with van der Waals surface area (Å²) in [5.74, 6) is 0. The van der Waals surface area contributed by atoms with E-state index in [1.54, 1.807) is 4.90 Å². The molecule has 1 N–H and O–H groups in total. The third kappa shape index (κ3) is 1.28. The molecule has 3 rings (SSSR count). The largest absolute Gasteiger partial charge is 0.441 e. The Morgan fingerprint density at radius 3 is 3.12 bits per heavy atom. The molecule has 2 atom stereocenters. The number of aliphatic hydroxyl groups excluding tert-OH is 1. The van der Waals surface area contributed by atoms with Crippen molar-refractivity contribution in [2.24, 2.45) is 0 Å². The summed E-state index contributed by atoms with van der Waals surface area (Å²) in [4.78, 5) is 13.3. The molecule has 0 radical (unpaired) electrons. The number of cyclic esters (lactones) is 1. The number of aliphatic hydroxyl groups is 1. The zero-order valence-electron chi connectivity index (χ0n) is 8.39. The SMILES string of the molecule is O=C1O[C@@H](CO)[C@@H]2Cc3cc(Br)ccc3N12. The number of hydrogen-bond donors (Lipinski definition) is 1. The highest BCUT2D eigenvalue weighted by Crippen LogP contribution is 2.39. The highest BCUT2D eigenvalue weighted by atomic mass is 79.9. The minimum atomic E-state index is -0.404. The number of halogens is 1. The van der Waals surface area contributed by atoms with Crippen LogP contribution in [0.4, 0.5) is 10.5 Å². The topological polar surface area (TPSA) is 49.8 Å². The summed E-state index contributed by atoms with van der Waals surface area (Å²) < 4.78 is 6.09. The van der Waals surface area contributed by atoms with Gasteiger partial charge in [-0.1, -0.05) is 15.9 Å². The molecule has 0 bridgehead atoms. The molecule has 84 valence electrons. The van der Waals surface area contributed by atoms with Gasteiger partial charge in [-0.3, -0.25) is 4.90 Å². The molecule has 1 amide bonds. The van der Waals surface area contributed by atoms with Crippen LogP contribution >= 0.6 is 15.9 Å². The predicted octanol–water partition coefficient (Wildman–Crippen LogP) is 1.69. The lowest BCUT2D eigenvalue weighted by Gasteiger charge is -2.14. The number of ether oxygens (including phenoxy) is 1. The van der Waals surface area contributed by atoms with Crippen LogP contribution in [0.5, 0.6) is 0 Å². The van der Waals surface area contributed by atoms with Crippen molar-refractivity contribution in [2.75, 3.05) is 11.5 Å². The first-order chi connectivity index (χ1) is 7.70. The molecule has 4 nitrogen and oxygen atoms in total. The van der Waals surface area contributed by atoms with Crippen molar-refractivity contribution in [2.45, 2.75) is 18.6 Å². The van der Waals surface area contributed by atoms with Crippen LogP contribution in [0, 0.1) is 0 Å². The number of nitrogens with zero attached hydrogens (tertiary/aromatic N) is 1. The van der Waals surface area contributed by atoms with Crippen LogP contribution in [0.15, 0.2) is 22.7 Å². The van der Waals surface area contributed by atoms with E-state index in [-0.39, 0.29) is 18.7 Å². The van der Waals surface area contributed by atoms with E-state index in [1.807, 2.05) is 18.2 Å². The monoisotopic (exact) mass is 283 g/mol. The van der Waals surface area contributed by atoms with Crippen LogP contribution in [-0.2, 0) is 11.2 Å². The summed E-state index contributed by atoms with van der Waals surface area (Å²) >= 11 is 3.41. The number of anilines is 1. The molecule has 16 heavy (non-hydrogen) atoms. The molecular formula is C11H10BrNO3. The number of carbonyl (C=O) groups excluding carboxylic acids is 1. The van der Waals surface area contributed by atoms with Crippen LogP contribution in [0.3, 0.4) is 0 Å². The average Bonchev–Trinajstić information content (AvgIpc) is 2.76. The summed E-state index contributed by atoms with van der Waals surface area (Å²) in [6, 6.07) is 5.76. The van der Waals surface area contributed by atoms with Gasteiger partial charge in [0, 0.05) is 4.47 Å². The van der Waals surface area contributed by atoms with Gasteiger partial charge in [0.15, 0.2) is 0 Å². The standard InChI is InChI=1S/C11H10BrNO3/c12-7-1-2-8-6(3-7)4-9-10(5-14)16-11(15)13(8)9/h1-3,9-10,14H,4-5H2/t9-,10-/m0/s1. The predicted molar refractivity (Wildman–Crippen MR) is 61.5 cm³/mol. The van der Waals surface area contributed by atoms with E-state index in [0.717, 1.165) is 22.1 Å². The van der Waals surface area contributed by atoms with Crippen LogP contribution in [0.25, 0.3) is 0 Å². The van der Waals surface area contributed by atoms with Crippen molar-refractivity contribution < 1.29 is 14.6 Å². The van der Waals surface area contributed by atoms with Gasteiger partial charge in [0.2, 0.25) is 0 Å². The molecule has 0 aromatic heterocycles. The minimum Gasteiger partial charge on any atom is -0.441 e. The Labute approximate surface area is 101 Å². The van der Waals surface area contributed by atoms with Crippen molar-refractivity contribution >= 4 is 27.7 Å². The molecule has 5 heteroatoms. The van der Waals surface area contributed by atoms with Crippen molar-refractivity contribution in [3.63, 3.8) is 0 Å². The molecule has 1 saturated heterocycles. The lowest BCUT2D eigenvalue weighted by atomic mass is 10.1. The van der Waals surface area contributed by atoms with E-state index in [1.165, 1.54) is 0 Å². The number of rotatable bonds is 1. The summed E-state index contributed by atoms with van der Waals surface area (Å²) in [6.07, 6.45) is -0.0186. The smallest absolute Gasteiger partial charge is 0.415 e. The molecule has 0 unspecified atom stereocenters. The maximum atomic E-state index is 11.7. The lowest BCUT2D eigenvalue weighted by molar-refractivity contribution is 0.0830. The van der Waals surface area contributed by atoms with E-state index < -0.39 is 6.10 Å². The molecule has 0 aliphatic carbocycles. The molecular weight excluding hydrogens is 274 g/mol. The van der Waals surface area contributed by atoms with E-state index in [4.69, 9.17) is 9.84 Å². The summed E-state index contributed by atoms with van der Waals surface area (Å²) in [7, 11) is 0. The number of hydrogen-bond acceptors (Lipinski definition) is 3. The van der Waals surface area contributed by atoms with Gasteiger partial charge in [0.05, 0.1) is 18.3 Å². The first-order valence-electron chi connectivity index (χ1n) is 5.10. The van der Waals surface area contributed by atoms with Crippen LogP contribution in [0.1, 0.15) is 5.56 Å². The van der Waals surface area contributed by atoms with Crippen LogP contribution < -0.4 is 4.90 Å². The maximum Gasteiger partial charge on any atom is 0.415 e. The lowest BCUT2D eigenvalue weighted by Crippen LogP contribution is -2.34. The van der Waals surface area contributed by atoms with Gasteiger partial charge in [-0.25, -0.2) is 4.79 Å². The first kappa shape index (κ1) is 10.1. The number of carbonyl (C=O) groups is 1. The van der Waals surface area contributed by atoms with E-state index in [2.05, 4.69) is 15.9 Å². The highest BCUT2D eigenvalue weighted by Gasteiger charge is 2.47. The maximum absolute atomic E-state index is 11.7. The number of fused-ring (bicyclic) bond motifs is 3. The first-order valence-corrected chi connectivity index (χ1v) is 5.89. The Bertz CT molecular complexity index is 463. The third-order valence-corrected chi connectivity index (χ3v) is 3.61. The molecule has 2 aliphatic rings. The van der Waals surface area contributed by atoms with E-state index in [0.29, 0.717) is 0 Å². The Hall–Kier alpha value is -1.07. The molecule has 2 aliphatic heterocycles. The molecule has 0 spiro atoms. The second kappa shape index (κ2) is 3.46. The molecule has 2 heterocycles. The van der Waals surface area contributed by atoms with E-state index in [9.17, 15) is 4.79 Å². The van der Waals surface area contributed by atoms with Crippen LogP contribution in [0.2, 0.25) is 0 Å². The zero-order chi connectivity index (χ0) is 11.3. The van der Waals surface area contributed by atoms with Crippen molar-refractivity contribution in [1.82, 2.24) is 0 Å². The van der Waals surface area contributed by atoms with Crippen molar-refractivity contribution in [1.29, 1.82) is 0 Å². The molecule has 1 aromatic carbocycles. The highest BCUT2D eigenvalue weighted by molar-refractivity contribution is 9.10. The fourth-order valence-corrected chi connectivity index (χ4v) is 2.81. The summed E-state index contributed by atoms with van der Waals surface area (Å²) in [5.41, 5.74) is 2.02. The number of amides is 1. The van der Waals surface area contributed by atoms with Gasteiger partial charge in [0.25, 0.3) is 0 Å². The van der Waals surface area contributed by atoms with Crippen molar-refractivity contribution in [3.05, 3.63) is 28.2 Å². The van der Waals surface area contributed by atoms with Crippen LogP contribution in [-0.4, -0.2) is 30.0 Å².